The molecule has 0 radical (unpaired) electrons. The average molecular weight is 263 g/mol. The van der Waals surface area contributed by atoms with Gasteiger partial charge in [0.15, 0.2) is 5.65 Å². The third-order valence-electron chi connectivity index (χ3n) is 3.50. The van der Waals surface area contributed by atoms with Crippen molar-refractivity contribution in [1.82, 2.24) is 24.6 Å². The highest BCUT2D eigenvalue weighted by Crippen LogP contribution is 2.23. The maximum absolute atomic E-state index is 12.0. The van der Waals surface area contributed by atoms with E-state index in [4.69, 9.17) is 5.11 Å². The van der Waals surface area contributed by atoms with E-state index in [2.05, 4.69) is 15.2 Å². The summed E-state index contributed by atoms with van der Waals surface area (Å²) in [6.07, 6.45) is 1.89. The zero-order valence-electron chi connectivity index (χ0n) is 10.1. The van der Waals surface area contributed by atoms with Crippen LogP contribution in [-0.4, -0.2) is 48.9 Å². The number of rotatable bonds is 1. The lowest BCUT2D eigenvalue weighted by Crippen LogP contribution is -2.39. The summed E-state index contributed by atoms with van der Waals surface area (Å²) in [6.45, 7) is 0.884. The van der Waals surface area contributed by atoms with Crippen LogP contribution in [-0.2, 0) is 0 Å². The number of amides is 1. The zero-order valence-corrected chi connectivity index (χ0v) is 10.1. The standard InChI is InChI=1S/C11H13N5O3/c17-10-13-9-8(1-4-12-14-9)16(10)7-2-5-15(6-3-7)11(18)19/h1,4,7H,2-3,5-6H2,(H,18,19)(H,13,14,17). The lowest BCUT2D eigenvalue weighted by atomic mass is 10.1. The predicted octanol–water partition coefficient (Wildman–Crippen LogP) is 0.434. The van der Waals surface area contributed by atoms with Crippen LogP contribution in [0, 0.1) is 0 Å². The van der Waals surface area contributed by atoms with Gasteiger partial charge < -0.3 is 10.0 Å². The molecule has 3 heterocycles. The van der Waals surface area contributed by atoms with Gasteiger partial charge in [-0.2, -0.15) is 5.10 Å². The molecule has 8 nitrogen and oxygen atoms in total. The average Bonchev–Trinajstić information content (AvgIpc) is 2.74. The van der Waals surface area contributed by atoms with Gasteiger partial charge in [0.05, 0.1) is 11.7 Å². The number of aromatic nitrogens is 4. The summed E-state index contributed by atoms with van der Waals surface area (Å²) in [4.78, 5) is 26.9. The maximum Gasteiger partial charge on any atom is 0.407 e. The zero-order chi connectivity index (χ0) is 13.4. The van der Waals surface area contributed by atoms with E-state index in [1.807, 2.05) is 0 Å². The topological polar surface area (TPSA) is 104 Å². The number of hydrogen-bond acceptors (Lipinski definition) is 4. The number of fused-ring (bicyclic) bond motifs is 1. The number of piperidine rings is 1. The molecule has 1 amide bonds. The minimum atomic E-state index is -0.907. The molecule has 0 spiro atoms. The molecule has 2 aromatic rings. The second-order valence-corrected chi connectivity index (χ2v) is 4.57. The van der Waals surface area contributed by atoms with Gasteiger partial charge in [0.25, 0.3) is 0 Å². The Morgan fingerprint density at radius 3 is 2.84 bits per heavy atom. The van der Waals surface area contributed by atoms with Gasteiger partial charge in [-0.15, -0.1) is 5.10 Å². The van der Waals surface area contributed by atoms with E-state index in [9.17, 15) is 9.59 Å². The second-order valence-electron chi connectivity index (χ2n) is 4.57. The molecule has 0 aromatic carbocycles. The van der Waals surface area contributed by atoms with Gasteiger partial charge in [-0.3, -0.25) is 9.55 Å². The van der Waals surface area contributed by atoms with E-state index in [0.717, 1.165) is 0 Å². The number of imidazole rings is 1. The maximum atomic E-state index is 12.0. The molecule has 8 heteroatoms. The molecule has 1 fully saturated rings. The van der Waals surface area contributed by atoms with Crippen LogP contribution in [0.2, 0.25) is 0 Å². The number of carbonyl (C=O) groups is 1. The van der Waals surface area contributed by atoms with Gasteiger partial charge in [0, 0.05) is 19.1 Å². The van der Waals surface area contributed by atoms with Crippen LogP contribution < -0.4 is 5.69 Å². The van der Waals surface area contributed by atoms with Crippen LogP contribution in [0.1, 0.15) is 18.9 Å². The number of hydrogen-bond donors (Lipinski definition) is 2. The van der Waals surface area contributed by atoms with Crippen molar-refractivity contribution in [3.63, 3.8) is 0 Å². The van der Waals surface area contributed by atoms with Crippen molar-refractivity contribution in [3.8, 4) is 0 Å². The lowest BCUT2D eigenvalue weighted by Gasteiger charge is -2.30. The minimum absolute atomic E-state index is 0.000972. The molecule has 3 rings (SSSR count). The first-order chi connectivity index (χ1) is 9.16. The van der Waals surface area contributed by atoms with Crippen LogP contribution in [0.3, 0.4) is 0 Å². The lowest BCUT2D eigenvalue weighted by molar-refractivity contribution is 0.125. The molecule has 0 bridgehead atoms. The Balaban J connectivity index is 1.92. The van der Waals surface area contributed by atoms with Crippen LogP contribution in [0.5, 0.6) is 0 Å². The number of nitrogens with zero attached hydrogens (tertiary/aromatic N) is 4. The molecular weight excluding hydrogens is 250 g/mol. The summed E-state index contributed by atoms with van der Waals surface area (Å²) < 4.78 is 1.66. The van der Waals surface area contributed by atoms with Crippen molar-refractivity contribution in [2.24, 2.45) is 0 Å². The summed E-state index contributed by atoms with van der Waals surface area (Å²) in [5.41, 5.74) is 0.964. The van der Waals surface area contributed by atoms with Crippen molar-refractivity contribution in [3.05, 3.63) is 22.7 Å². The largest absolute Gasteiger partial charge is 0.465 e. The third kappa shape index (κ3) is 1.94. The molecule has 0 unspecified atom stereocenters. The van der Waals surface area contributed by atoms with Crippen molar-refractivity contribution in [1.29, 1.82) is 0 Å². The molecule has 1 aliphatic rings. The molecule has 2 aromatic heterocycles. The summed E-state index contributed by atoms with van der Waals surface area (Å²) >= 11 is 0. The van der Waals surface area contributed by atoms with Crippen LogP contribution in [0.4, 0.5) is 4.79 Å². The Morgan fingerprint density at radius 1 is 1.42 bits per heavy atom. The molecule has 0 saturated carbocycles. The molecule has 0 atom stereocenters. The molecule has 19 heavy (non-hydrogen) atoms. The summed E-state index contributed by atoms with van der Waals surface area (Å²) in [7, 11) is 0. The monoisotopic (exact) mass is 263 g/mol. The Hall–Kier alpha value is -2.38. The van der Waals surface area contributed by atoms with E-state index in [1.54, 1.807) is 16.8 Å². The van der Waals surface area contributed by atoms with Gasteiger partial charge >= 0.3 is 11.8 Å². The highest BCUT2D eigenvalue weighted by Gasteiger charge is 2.25. The fourth-order valence-electron chi connectivity index (χ4n) is 2.56. The molecule has 100 valence electrons. The smallest absolute Gasteiger partial charge is 0.407 e. The fourth-order valence-corrected chi connectivity index (χ4v) is 2.56. The van der Waals surface area contributed by atoms with Gasteiger partial charge in [-0.1, -0.05) is 0 Å². The SMILES string of the molecule is O=C(O)N1CCC(n2c(=O)[nH]c3nnccc32)CC1. The first kappa shape index (κ1) is 11.7. The van der Waals surface area contributed by atoms with Crippen LogP contribution >= 0.6 is 0 Å². The quantitative estimate of drug-likeness (QED) is 0.776. The third-order valence-corrected chi connectivity index (χ3v) is 3.50. The van der Waals surface area contributed by atoms with Crippen molar-refractivity contribution in [2.45, 2.75) is 18.9 Å². The van der Waals surface area contributed by atoms with E-state index >= 15 is 0 Å². The van der Waals surface area contributed by atoms with Crippen molar-refractivity contribution in [2.75, 3.05) is 13.1 Å². The first-order valence-electron chi connectivity index (χ1n) is 6.06. The number of aromatic amines is 1. The van der Waals surface area contributed by atoms with Gasteiger partial charge in [-0.25, -0.2) is 9.59 Å². The van der Waals surface area contributed by atoms with Gasteiger partial charge in [-0.05, 0) is 18.9 Å². The summed E-state index contributed by atoms with van der Waals surface area (Å²) in [6, 6.07) is 1.74. The number of likely N-dealkylation sites (tertiary alicyclic amines) is 1. The Labute approximate surface area is 107 Å². The second kappa shape index (κ2) is 4.38. The van der Waals surface area contributed by atoms with Gasteiger partial charge in [0.1, 0.15) is 0 Å². The van der Waals surface area contributed by atoms with E-state index in [-0.39, 0.29) is 11.7 Å². The van der Waals surface area contributed by atoms with E-state index in [0.29, 0.717) is 37.1 Å². The highest BCUT2D eigenvalue weighted by atomic mass is 16.4. The number of H-pyrrole nitrogens is 1. The van der Waals surface area contributed by atoms with Gasteiger partial charge in [0.2, 0.25) is 0 Å². The van der Waals surface area contributed by atoms with E-state index in [1.165, 1.54) is 4.90 Å². The van der Waals surface area contributed by atoms with Crippen LogP contribution in [0.25, 0.3) is 11.2 Å². The Kier molecular flexibility index (Phi) is 2.69. The van der Waals surface area contributed by atoms with Crippen molar-refractivity contribution < 1.29 is 9.90 Å². The first-order valence-corrected chi connectivity index (χ1v) is 6.06. The summed E-state index contributed by atoms with van der Waals surface area (Å²) in [5, 5.41) is 16.5. The number of nitrogens with one attached hydrogen (secondary N) is 1. The van der Waals surface area contributed by atoms with Crippen molar-refractivity contribution >= 4 is 17.3 Å². The Morgan fingerprint density at radius 2 is 2.16 bits per heavy atom. The van der Waals surface area contributed by atoms with Crippen LogP contribution in [0.15, 0.2) is 17.1 Å². The Bertz CT molecular complexity index is 668. The highest BCUT2D eigenvalue weighted by molar-refractivity contribution is 5.69. The fraction of sp³-hybridized carbons (Fsp3) is 0.455. The molecule has 0 aliphatic carbocycles. The molecule has 2 N–H and O–H groups in total. The predicted molar refractivity (Wildman–Crippen MR) is 66.0 cm³/mol. The van der Waals surface area contributed by atoms with E-state index < -0.39 is 6.09 Å². The number of carboxylic acid groups (broad SMARTS) is 1. The molecule has 1 saturated heterocycles. The summed E-state index contributed by atoms with van der Waals surface area (Å²) in [5.74, 6) is 0. The molecular formula is C11H13N5O3. The minimum Gasteiger partial charge on any atom is -0.465 e. The molecule has 1 aliphatic heterocycles. The normalized spacial score (nSPS) is 16.9.